The Balaban J connectivity index is 1.28. The molecule has 1 N–H and O–H groups in total. The van der Waals surface area contributed by atoms with Crippen LogP contribution in [0.1, 0.15) is 26.2 Å². The second kappa shape index (κ2) is 11.0. The zero-order chi connectivity index (χ0) is 22.2. The topological polar surface area (TPSA) is 67.3 Å². The summed E-state index contributed by atoms with van der Waals surface area (Å²) in [5.74, 6) is 0.973. The van der Waals surface area contributed by atoms with Crippen molar-refractivity contribution in [2.75, 3.05) is 35.7 Å². The van der Waals surface area contributed by atoms with Gasteiger partial charge in [-0.2, -0.15) is 0 Å². The van der Waals surface area contributed by atoms with Crippen LogP contribution < -0.4 is 15.0 Å². The average Bonchev–Trinajstić information content (AvgIpc) is 2.85. The number of nitrogens with one attached hydrogen (secondary N) is 1. The first-order chi connectivity index (χ1) is 15.7. The predicted octanol–water partition coefficient (Wildman–Crippen LogP) is 5.26. The Bertz CT molecular complexity index is 1000. The van der Waals surface area contributed by atoms with Gasteiger partial charge in [-0.1, -0.05) is 23.9 Å². The number of piperidine rings is 1. The molecule has 2 aromatic carbocycles. The third kappa shape index (κ3) is 6.01. The second-order valence-corrected chi connectivity index (χ2v) is 8.64. The van der Waals surface area contributed by atoms with E-state index in [1.165, 1.54) is 36.7 Å². The molecular formula is C25H28N4O2S. The van der Waals surface area contributed by atoms with E-state index in [0.29, 0.717) is 6.61 Å². The summed E-state index contributed by atoms with van der Waals surface area (Å²) in [5, 5.41) is 12.2. The van der Waals surface area contributed by atoms with Crippen molar-refractivity contribution in [1.82, 2.24) is 10.2 Å². The van der Waals surface area contributed by atoms with Crippen LogP contribution in [-0.4, -0.2) is 41.6 Å². The third-order valence-corrected chi connectivity index (χ3v) is 6.24. The smallest absolute Gasteiger partial charge is 0.234 e. The summed E-state index contributed by atoms with van der Waals surface area (Å²) in [6.07, 6.45) is 3.87. The minimum absolute atomic E-state index is 0.0849. The number of thioether (sulfide) groups is 1. The lowest BCUT2D eigenvalue weighted by molar-refractivity contribution is -0.113. The molecule has 3 aromatic rings. The summed E-state index contributed by atoms with van der Waals surface area (Å²) < 4.78 is 5.41. The molecule has 0 unspecified atom stereocenters. The molecule has 0 atom stereocenters. The molecule has 0 radical (unpaired) electrons. The molecule has 1 aromatic heterocycles. The molecule has 1 amide bonds. The Hall–Kier alpha value is -3.06. The van der Waals surface area contributed by atoms with E-state index >= 15 is 0 Å². The van der Waals surface area contributed by atoms with Crippen molar-refractivity contribution in [2.24, 2.45) is 0 Å². The summed E-state index contributed by atoms with van der Waals surface area (Å²) in [7, 11) is 0. The molecule has 1 saturated heterocycles. The molecule has 0 spiro atoms. The number of carbonyl (C=O) groups is 1. The summed E-state index contributed by atoms with van der Waals surface area (Å²) in [6, 6.07) is 19.7. The Kier molecular flexibility index (Phi) is 7.61. The minimum Gasteiger partial charge on any atom is -0.494 e. The van der Waals surface area contributed by atoms with Crippen molar-refractivity contribution in [1.29, 1.82) is 0 Å². The first-order valence-corrected chi connectivity index (χ1v) is 12.0. The summed E-state index contributed by atoms with van der Waals surface area (Å²) in [4.78, 5) is 14.7. The van der Waals surface area contributed by atoms with E-state index in [0.717, 1.165) is 40.8 Å². The molecule has 1 aliphatic heterocycles. The van der Waals surface area contributed by atoms with Gasteiger partial charge in [-0.25, -0.2) is 0 Å². The highest BCUT2D eigenvalue weighted by Gasteiger charge is 2.11. The van der Waals surface area contributed by atoms with Gasteiger partial charge in [-0.3, -0.25) is 4.79 Å². The van der Waals surface area contributed by atoms with Crippen LogP contribution >= 0.6 is 11.8 Å². The van der Waals surface area contributed by atoms with Crippen LogP contribution in [0.15, 0.2) is 65.7 Å². The Morgan fingerprint density at radius 2 is 1.72 bits per heavy atom. The summed E-state index contributed by atoms with van der Waals surface area (Å²) in [5.41, 5.74) is 3.89. The van der Waals surface area contributed by atoms with E-state index in [4.69, 9.17) is 4.74 Å². The van der Waals surface area contributed by atoms with Crippen LogP contribution in [-0.2, 0) is 4.79 Å². The van der Waals surface area contributed by atoms with Crippen LogP contribution in [0.2, 0.25) is 0 Å². The van der Waals surface area contributed by atoms with Crippen molar-refractivity contribution in [3.63, 3.8) is 0 Å². The minimum atomic E-state index is -0.0849. The number of hydrogen-bond acceptors (Lipinski definition) is 6. The maximum Gasteiger partial charge on any atom is 0.234 e. The number of hydrogen-bond donors (Lipinski definition) is 1. The standard InChI is InChI=1S/C25H28N4O2S/c1-2-31-22-12-8-20(9-13-22)26-24(30)18-32-25-15-14-23(27-28-25)19-6-10-21(11-7-19)29-16-4-3-5-17-29/h6-15H,2-5,16-18H2,1H3,(H,26,30). The van der Waals surface area contributed by atoms with Gasteiger partial charge in [-0.15, -0.1) is 10.2 Å². The van der Waals surface area contributed by atoms with Crippen LogP contribution in [0.4, 0.5) is 11.4 Å². The van der Waals surface area contributed by atoms with E-state index in [-0.39, 0.29) is 11.7 Å². The van der Waals surface area contributed by atoms with Crippen molar-refractivity contribution in [2.45, 2.75) is 31.2 Å². The maximum absolute atomic E-state index is 12.2. The number of ether oxygens (including phenoxy) is 1. The van der Waals surface area contributed by atoms with Gasteiger partial charge in [0.25, 0.3) is 0 Å². The highest BCUT2D eigenvalue weighted by Crippen LogP contribution is 2.25. The van der Waals surface area contributed by atoms with Crippen LogP contribution in [0.25, 0.3) is 11.3 Å². The monoisotopic (exact) mass is 448 g/mol. The molecule has 0 aliphatic carbocycles. The van der Waals surface area contributed by atoms with Gasteiger partial charge in [0.2, 0.25) is 5.91 Å². The molecule has 32 heavy (non-hydrogen) atoms. The molecular weight excluding hydrogens is 420 g/mol. The zero-order valence-corrected chi connectivity index (χ0v) is 19.1. The van der Waals surface area contributed by atoms with Gasteiger partial charge < -0.3 is 15.0 Å². The van der Waals surface area contributed by atoms with E-state index in [2.05, 4.69) is 44.7 Å². The molecule has 0 bridgehead atoms. The van der Waals surface area contributed by atoms with Crippen LogP contribution in [0.5, 0.6) is 5.75 Å². The number of aromatic nitrogens is 2. The van der Waals surface area contributed by atoms with E-state index in [1.807, 2.05) is 43.3 Å². The van der Waals surface area contributed by atoms with E-state index in [1.54, 1.807) is 0 Å². The first-order valence-electron chi connectivity index (χ1n) is 11.1. The van der Waals surface area contributed by atoms with Gasteiger partial charge in [-0.05, 0) is 74.7 Å². The van der Waals surface area contributed by atoms with Crippen LogP contribution in [0, 0.1) is 0 Å². The van der Waals surface area contributed by atoms with Crippen LogP contribution in [0.3, 0.4) is 0 Å². The molecule has 0 saturated carbocycles. The number of nitrogens with zero attached hydrogens (tertiary/aromatic N) is 3. The first kappa shape index (κ1) is 22.1. The maximum atomic E-state index is 12.2. The number of benzene rings is 2. The van der Waals surface area contributed by atoms with Gasteiger partial charge in [0, 0.05) is 30.0 Å². The second-order valence-electron chi connectivity index (χ2n) is 7.65. The highest BCUT2D eigenvalue weighted by atomic mass is 32.2. The highest BCUT2D eigenvalue weighted by molar-refractivity contribution is 7.99. The van der Waals surface area contributed by atoms with Crippen molar-refractivity contribution < 1.29 is 9.53 Å². The number of rotatable bonds is 8. The molecule has 7 heteroatoms. The molecule has 1 aliphatic rings. The lowest BCUT2D eigenvalue weighted by atomic mass is 10.1. The third-order valence-electron chi connectivity index (χ3n) is 5.32. The Morgan fingerprint density at radius 1 is 0.969 bits per heavy atom. The van der Waals surface area contributed by atoms with Crippen molar-refractivity contribution in [3.8, 4) is 17.0 Å². The largest absolute Gasteiger partial charge is 0.494 e. The lowest BCUT2D eigenvalue weighted by Crippen LogP contribution is -2.29. The Labute approximate surface area is 193 Å². The average molecular weight is 449 g/mol. The fourth-order valence-electron chi connectivity index (χ4n) is 3.68. The van der Waals surface area contributed by atoms with Gasteiger partial charge in [0.1, 0.15) is 10.8 Å². The molecule has 166 valence electrons. The van der Waals surface area contributed by atoms with Crippen molar-refractivity contribution in [3.05, 3.63) is 60.7 Å². The normalized spacial score (nSPS) is 13.6. The van der Waals surface area contributed by atoms with Gasteiger partial charge in [0.05, 0.1) is 18.1 Å². The van der Waals surface area contributed by atoms with E-state index < -0.39 is 0 Å². The van der Waals surface area contributed by atoms with Gasteiger partial charge >= 0.3 is 0 Å². The molecule has 1 fully saturated rings. The number of anilines is 2. The lowest BCUT2D eigenvalue weighted by Gasteiger charge is -2.28. The quantitative estimate of drug-likeness (QED) is 0.474. The number of carbonyl (C=O) groups excluding carboxylic acids is 1. The molecule has 2 heterocycles. The Morgan fingerprint density at radius 3 is 2.38 bits per heavy atom. The summed E-state index contributed by atoms with van der Waals surface area (Å²) in [6.45, 7) is 4.83. The fourth-order valence-corrected chi connectivity index (χ4v) is 4.30. The van der Waals surface area contributed by atoms with Gasteiger partial charge in [0.15, 0.2) is 0 Å². The molecule has 4 rings (SSSR count). The number of amides is 1. The zero-order valence-electron chi connectivity index (χ0n) is 18.3. The summed E-state index contributed by atoms with van der Waals surface area (Å²) >= 11 is 1.37. The van der Waals surface area contributed by atoms with E-state index in [9.17, 15) is 4.79 Å². The molecule has 6 nitrogen and oxygen atoms in total. The predicted molar refractivity (Wildman–Crippen MR) is 130 cm³/mol. The SMILES string of the molecule is CCOc1ccc(NC(=O)CSc2ccc(-c3ccc(N4CCCCC4)cc3)nn2)cc1. The van der Waals surface area contributed by atoms with Crippen molar-refractivity contribution >= 4 is 29.0 Å². The fraction of sp³-hybridized carbons (Fsp3) is 0.320.